The summed E-state index contributed by atoms with van der Waals surface area (Å²) in [4.78, 5) is 50.0. The smallest absolute Gasteiger partial charge is 0.244 e. The van der Waals surface area contributed by atoms with Crippen LogP contribution in [0, 0.1) is 11.7 Å². The second-order valence-electron chi connectivity index (χ2n) is 9.30. The number of carbonyl (C=O) groups excluding carboxylic acids is 4. The van der Waals surface area contributed by atoms with Gasteiger partial charge in [-0.1, -0.05) is 12.1 Å². The molecule has 1 fully saturated rings. The quantitative estimate of drug-likeness (QED) is 0.255. The first-order chi connectivity index (χ1) is 19.3. The summed E-state index contributed by atoms with van der Waals surface area (Å²) in [6, 6.07) is 6.86. The van der Waals surface area contributed by atoms with Crippen LogP contribution in [0.1, 0.15) is 30.4 Å². The van der Waals surface area contributed by atoms with Gasteiger partial charge in [-0.2, -0.15) is 0 Å². The van der Waals surface area contributed by atoms with E-state index < -0.39 is 35.6 Å². The average Bonchev–Trinajstić information content (AvgIpc) is 2.96. The normalized spacial score (nSPS) is 16.4. The van der Waals surface area contributed by atoms with Crippen LogP contribution in [-0.2, 0) is 25.6 Å². The minimum absolute atomic E-state index is 0.0470. The monoisotopic (exact) mass is 555 g/mol. The van der Waals surface area contributed by atoms with E-state index in [4.69, 9.17) is 14.2 Å². The molecule has 3 amide bonds. The Bertz CT molecular complexity index is 1210. The zero-order valence-corrected chi connectivity index (χ0v) is 22.7. The molecule has 10 nitrogen and oxygen atoms in total. The fourth-order valence-electron chi connectivity index (χ4n) is 4.45. The summed E-state index contributed by atoms with van der Waals surface area (Å²) in [6.07, 6.45) is 4.95. The van der Waals surface area contributed by atoms with Gasteiger partial charge in [0.25, 0.3) is 0 Å². The molecule has 2 aromatic rings. The summed E-state index contributed by atoms with van der Waals surface area (Å²) in [5, 5.41) is 8.06. The molecule has 0 aliphatic carbocycles. The molecule has 1 heterocycles. The van der Waals surface area contributed by atoms with Crippen molar-refractivity contribution in [3.8, 4) is 17.2 Å². The number of carbonyl (C=O) groups is 4. The van der Waals surface area contributed by atoms with Crippen LogP contribution in [0.2, 0.25) is 0 Å². The highest BCUT2D eigenvalue weighted by atomic mass is 19.1. The summed E-state index contributed by atoms with van der Waals surface area (Å²) >= 11 is 0. The van der Waals surface area contributed by atoms with Crippen molar-refractivity contribution in [1.29, 1.82) is 0 Å². The van der Waals surface area contributed by atoms with Gasteiger partial charge in [0.15, 0.2) is 11.5 Å². The molecular formula is C29H34FN3O7. The van der Waals surface area contributed by atoms with E-state index >= 15 is 0 Å². The Balaban J connectivity index is 1.76. The molecule has 0 bridgehead atoms. The zero-order valence-electron chi connectivity index (χ0n) is 22.7. The van der Waals surface area contributed by atoms with Crippen molar-refractivity contribution in [2.24, 2.45) is 5.92 Å². The standard InChI is InChI=1S/C29H34FN3O7/c1-38-24-14-19(15-25(39-2)27(24)40-3)8-11-26(35)33-23(13-18-6-9-21(30)10-7-18)29(37)32-22(17-34)16-20-5-4-12-31-28(20)36/h6-11,14-15,17,20,22-23H,4-5,12-13,16H2,1-3H3,(H,31,36)(H,32,37)(H,33,35)/b11-8+/t20?,22-,23-/m0/s1. The molecule has 0 aromatic heterocycles. The molecule has 214 valence electrons. The summed E-state index contributed by atoms with van der Waals surface area (Å²) in [7, 11) is 4.43. The molecular weight excluding hydrogens is 521 g/mol. The Morgan fingerprint density at radius 2 is 1.75 bits per heavy atom. The van der Waals surface area contributed by atoms with Crippen LogP contribution in [0.5, 0.6) is 17.2 Å². The van der Waals surface area contributed by atoms with Crippen molar-refractivity contribution in [2.75, 3.05) is 27.9 Å². The molecule has 3 atom stereocenters. The van der Waals surface area contributed by atoms with Crippen LogP contribution in [0.25, 0.3) is 6.08 Å². The maximum Gasteiger partial charge on any atom is 0.244 e. The number of hydrogen-bond acceptors (Lipinski definition) is 7. The third-order valence-corrected chi connectivity index (χ3v) is 6.53. The predicted octanol–water partition coefficient (Wildman–Crippen LogP) is 2.19. The lowest BCUT2D eigenvalue weighted by Crippen LogP contribution is -2.51. The number of piperidine rings is 1. The first-order valence-electron chi connectivity index (χ1n) is 12.8. The third-order valence-electron chi connectivity index (χ3n) is 6.53. The first kappa shape index (κ1) is 30.1. The molecule has 1 unspecified atom stereocenters. The number of amides is 3. The molecule has 3 N–H and O–H groups in total. The SMILES string of the molecule is COc1cc(/C=C/C(=O)N[C@@H](Cc2ccc(F)cc2)C(=O)N[C@H](C=O)CC2CCCNC2=O)cc(OC)c1OC. The Morgan fingerprint density at radius 3 is 2.33 bits per heavy atom. The fraction of sp³-hybridized carbons (Fsp3) is 0.379. The van der Waals surface area contributed by atoms with Crippen LogP contribution >= 0.6 is 0 Å². The molecule has 2 aromatic carbocycles. The van der Waals surface area contributed by atoms with Gasteiger partial charge in [-0.3, -0.25) is 14.4 Å². The van der Waals surface area contributed by atoms with E-state index in [2.05, 4.69) is 16.0 Å². The Kier molecular flexibility index (Phi) is 11.0. The number of methoxy groups -OCH3 is 3. The number of aldehydes is 1. The zero-order chi connectivity index (χ0) is 29.1. The van der Waals surface area contributed by atoms with Gasteiger partial charge in [0.1, 0.15) is 18.1 Å². The molecule has 3 rings (SSSR count). The topological polar surface area (TPSA) is 132 Å². The lowest BCUT2D eigenvalue weighted by Gasteiger charge is -2.25. The van der Waals surface area contributed by atoms with Gasteiger partial charge in [0.2, 0.25) is 23.5 Å². The molecule has 1 aliphatic heterocycles. The van der Waals surface area contributed by atoms with Gasteiger partial charge in [-0.15, -0.1) is 0 Å². The predicted molar refractivity (Wildman–Crippen MR) is 146 cm³/mol. The van der Waals surface area contributed by atoms with Gasteiger partial charge in [-0.25, -0.2) is 4.39 Å². The average molecular weight is 556 g/mol. The van der Waals surface area contributed by atoms with Crippen molar-refractivity contribution in [3.63, 3.8) is 0 Å². The van der Waals surface area contributed by atoms with Gasteiger partial charge >= 0.3 is 0 Å². The van der Waals surface area contributed by atoms with Crippen molar-refractivity contribution in [1.82, 2.24) is 16.0 Å². The Labute approximate surface area is 232 Å². The third kappa shape index (κ3) is 8.29. The van der Waals surface area contributed by atoms with Crippen molar-refractivity contribution in [2.45, 2.75) is 37.8 Å². The lowest BCUT2D eigenvalue weighted by molar-refractivity contribution is -0.130. The summed E-state index contributed by atoms with van der Waals surface area (Å²) in [5.74, 6) is -0.954. The minimum atomic E-state index is -1.08. The number of halogens is 1. The van der Waals surface area contributed by atoms with Crippen LogP contribution < -0.4 is 30.2 Å². The van der Waals surface area contributed by atoms with Crippen LogP contribution in [0.3, 0.4) is 0 Å². The summed E-state index contributed by atoms with van der Waals surface area (Å²) in [6.45, 7) is 0.586. The molecule has 0 radical (unpaired) electrons. The molecule has 40 heavy (non-hydrogen) atoms. The number of rotatable bonds is 13. The lowest BCUT2D eigenvalue weighted by atomic mass is 9.92. The number of benzene rings is 2. The van der Waals surface area contributed by atoms with Crippen LogP contribution in [0.15, 0.2) is 42.5 Å². The van der Waals surface area contributed by atoms with E-state index in [0.717, 1.165) is 6.42 Å². The van der Waals surface area contributed by atoms with E-state index in [9.17, 15) is 23.6 Å². The van der Waals surface area contributed by atoms with Crippen LogP contribution in [-0.4, -0.2) is 64.0 Å². The highest BCUT2D eigenvalue weighted by Crippen LogP contribution is 2.38. The minimum Gasteiger partial charge on any atom is -0.493 e. The van der Waals surface area contributed by atoms with E-state index in [-0.39, 0.29) is 18.7 Å². The van der Waals surface area contributed by atoms with E-state index in [1.807, 2.05) is 0 Å². The van der Waals surface area contributed by atoms with Crippen molar-refractivity contribution in [3.05, 3.63) is 59.4 Å². The summed E-state index contributed by atoms with van der Waals surface area (Å²) < 4.78 is 29.4. The van der Waals surface area contributed by atoms with E-state index in [0.29, 0.717) is 47.6 Å². The number of hydrogen-bond donors (Lipinski definition) is 3. The molecule has 11 heteroatoms. The largest absolute Gasteiger partial charge is 0.493 e. The van der Waals surface area contributed by atoms with E-state index in [1.54, 1.807) is 12.1 Å². The maximum absolute atomic E-state index is 13.4. The first-order valence-corrected chi connectivity index (χ1v) is 12.8. The van der Waals surface area contributed by atoms with Crippen molar-refractivity contribution >= 4 is 30.1 Å². The number of nitrogens with one attached hydrogen (secondary N) is 3. The van der Waals surface area contributed by atoms with Crippen molar-refractivity contribution < 1.29 is 37.8 Å². The van der Waals surface area contributed by atoms with Gasteiger partial charge < -0.3 is 35.0 Å². The van der Waals surface area contributed by atoms with Gasteiger partial charge in [-0.05, 0) is 60.7 Å². The van der Waals surface area contributed by atoms with Gasteiger partial charge in [0, 0.05) is 25.0 Å². The molecule has 1 saturated heterocycles. The van der Waals surface area contributed by atoms with E-state index in [1.165, 1.54) is 57.7 Å². The fourth-order valence-corrected chi connectivity index (χ4v) is 4.45. The summed E-state index contributed by atoms with van der Waals surface area (Å²) in [5.41, 5.74) is 1.18. The highest BCUT2D eigenvalue weighted by Gasteiger charge is 2.28. The molecule has 0 saturated carbocycles. The molecule has 0 spiro atoms. The van der Waals surface area contributed by atoms with Crippen LogP contribution in [0.4, 0.5) is 4.39 Å². The maximum atomic E-state index is 13.4. The highest BCUT2D eigenvalue weighted by molar-refractivity contribution is 5.96. The number of ether oxygens (including phenoxy) is 3. The second-order valence-corrected chi connectivity index (χ2v) is 9.30. The Hall–Kier alpha value is -4.41. The Morgan fingerprint density at radius 1 is 1.07 bits per heavy atom. The second kappa shape index (κ2) is 14.7. The molecule has 1 aliphatic rings. The van der Waals surface area contributed by atoms with Gasteiger partial charge in [0.05, 0.1) is 27.4 Å².